The molecule has 2 N–H and O–H groups in total. The molecule has 0 aliphatic heterocycles. The number of hydrogen-bond donors (Lipinski definition) is 2. The van der Waals surface area contributed by atoms with Gasteiger partial charge in [0.15, 0.2) is 0 Å². The normalized spacial score (nSPS) is 13.8. The lowest BCUT2D eigenvalue weighted by molar-refractivity contribution is -0.126. The summed E-state index contributed by atoms with van der Waals surface area (Å²) in [6.07, 6.45) is 0.810. The molecule has 1 unspecified atom stereocenters. The first-order chi connectivity index (χ1) is 7.78. The van der Waals surface area contributed by atoms with E-state index < -0.39 is 5.60 Å². The lowest BCUT2D eigenvalue weighted by atomic mass is 10.1. The Morgan fingerprint density at radius 1 is 1.53 bits per heavy atom. The van der Waals surface area contributed by atoms with E-state index in [4.69, 9.17) is 4.74 Å². The monoisotopic (exact) mass is 246 g/mol. The van der Waals surface area contributed by atoms with E-state index in [0.29, 0.717) is 19.7 Å². The van der Waals surface area contributed by atoms with E-state index in [-0.39, 0.29) is 11.9 Å². The van der Waals surface area contributed by atoms with Crippen LogP contribution in [-0.4, -0.2) is 61.4 Å². The average molecular weight is 246 g/mol. The van der Waals surface area contributed by atoms with Crippen molar-refractivity contribution in [2.75, 3.05) is 33.9 Å². The second-order valence-electron chi connectivity index (χ2n) is 5.04. The summed E-state index contributed by atoms with van der Waals surface area (Å²) in [5.41, 5.74) is -0.792. The Morgan fingerprint density at radius 3 is 2.59 bits per heavy atom. The number of nitrogens with zero attached hydrogens (tertiary/aromatic N) is 1. The molecule has 1 amide bonds. The van der Waals surface area contributed by atoms with Crippen LogP contribution >= 0.6 is 0 Å². The molecule has 1 atom stereocenters. The van der Waals surface area contributed by atoms with Gasteiger partial charge >= 0.3 is 0 Å². The zero-order valence-electron chi connectivity index (χ0n) is 11.6. The van der Waals surface area contributed by atoms with E-state index >= 15 is 0 Å². The van der Waals surface area contributed by atoms with Crippen molar-refractivity contribution in [3.8, 4) is 0 Å². The second kappa shape index (κ2) is 7.63. The molecule has 0 spiro atoms. The highest BCUT2D eigenvalue weighted by molar-refractivity contribution is 5.81. The maximum atomic E-state index is 11.8. The largest absolute Gasteiger partial charge is 0.389 e. The fourth-order valence-corrected chi connectivity index (χ4v) is 1.52. The molecule has 5 nitrogen and oxygen atoms in total. The number of carbonyl (C=O) groups is 1. The minimum absolute atomic E-state index is 0.0205. The molecule has 0 aliphatic rings. The quantitative estimate of drug-likeness (QED) is 0.602. The third kappa shape index (κ3) is 8.12. The van der Waals surface area contributed by atoms with Crippen LogP contribution < -0.4 is 5.32 Å². The van der Waals surface area contributed by atoms with E-state index in [0.717, 1.165) is 6.42 Å². The molecule has 0 heterocycles. The van der Waals surface area contributed by atoms with Gasteiger partial charge in [-0.15, -0.1) is 0 Å². The lowest BCUT2D eigenvalue weighted by Crippen LogP contribution is -2.48. The molecule has 0 fully saturated rings. The molecule has 17 heavy (non-hydrogen) atoms. The van der Waals surface area contributed by atoms with Crippen molar-refractivity contribution in [2.24, 2.45) is 0 Å². The predicted molar refractivity (Wildman–Crippen MR) is 67.9 cm³/mol. The Kier molecular flexibility index (Phi) is 7.34. The third-order valence-electron chi connectivity index (χ3n) is 2.50. The van der Waals surface area contributed by atoms with Crippen molar-refractivity contribution in [1.29, 1.82) is 0 Å². The Bertz CT molecular complexity index is 226. The summed E-state index contributed by atoms with van der Waals surface area (Å²) in [5.74, 6) is -0.0205. The van der Waals surface area contributed by atoms with Gasteiger partial charge in [-0.2, -0.15) is 0 Å². The van der Waals surface area contributed by atoms with Crippen LogP contribution in [0.5, 0.6) is 0 Å². The SMILES string of the molecule is COCCCNC(=O)C(C)N(C)CC(C)(C)O. The third-order valence-corrected chi connectivity index (χ3v) is 2.50. The number of nitrogens with one attached hydrogen (secondary N) is 1. The van der Waals surface area contributed by atoms with Gasteiger partial charge in [-0.05, 0) is 34.2 Å². The Morgan fingerprint density at radius 2 is 2.12 bits per heavy atom. The summed E-state index contributed by atoms with van der Waals surface area (Å²) in [6, 6.07) is -0.246. The van der Waals surface area contributed by atoms with Gasteiger partial charge in [-0.1, -0.05) is 0 Å². The summed E-state index contributed by atoms with van der Waals surface area (Å²) < 4.78 is 4.90. The highest BCUT2D eigenvalue weighted by Crippen LogP contribution is 2.06. The first kappa shape index (κ1) is 16.4. The summed E-state index contributed by atoms with van der Waals surface area (Å²) in [7, 11) is 3.47. The van der Waals surface area contributed by atoms with Crippen LogP contribution in [0.2, 0.25) is 0 Å². The van der Waals surface area contributed by atoms with Crippen LogP contribution in [-0.2, 0) is 9.53 Å². The smallest absolute Gasteiger partial charge is 0.237 e. The number of amides is 1. The number of methoxy groups -OCH3 is 1. The van der Waals surface area contributed by atoms with Gasteiger partial charge < -0.3 is 15.2 Å². The molecule has 0 saturated heterocycles. The fourth-order valence-electron chi connectivity index (χ4n) is 1.52. The van der Waals surface area contributed by atoms with Gasteiger partial charge in [0.2, 0.25) is 5.91 Å². The minimum atomic E-state index is -0.792. The van der Waals surface area contributed by atoms with Crippen molar-refractivity contribution in [3.63, 3.8) is 0 Å². The molecule has 0 aliphatic carbocycles. The summed E-state index contributed by atoms with van der Waals surface area (Å²) in [5, 5.41) is 12.5. The molecule has 0 radical (unpaired) electrons. The summed E-state index contributed by atoms with van der Waals surface area (Å²) >= 11 is 0. The van der Waals surface area contributed by atoms with E-state index in [9.17, 15) is 9.90 Å². The zero-order chi connectivity index (χ0) is 13.5. The molecule has 0 rings (SSSR count). The first-order valence-electron chi connectivity index (χ1n) is 5.97. The topological polar surface area (TPSA) is 61.8 Å². The van der Waals surface area contributed by atoms with Crippen LogP contribution in [0.4, 0.5) is 0 Å². The Balaban J connectivity index is 3.95. The van der Waals surface area contributed by atoms with Crippen LogP contribution in [0.3, 0.4) is 0 Å². The molecule has 0 aromatic heterocycles. The Labute approximate surface area is 104 Å². The minimum Gasteiger partial charge on any atom is -0.389 e. The summed E-state index contributed by atoms with van der Waals surface area (Å²) in [4.78, 5) is 13.6. The highest BCUT2D eigenvalue weighted by atomic mass is 16.5. The van der Waals surface area contributed by atoms with E-state index in [1.807, 2.05) is 18.9 Å². The molecule has 0 bridgehead atoms. The Hall–Kier alpha value is -0.650. The average Bonchev–Trinajstić information content (AvgIpc) is 2.20. The van der Waals surface area contributed by atoms with Gasteiger partial charge in [0.25, 0.3) is 0 Å². The molecular weight excluding hydrogens is 220 g/mol. The standard InChI is InChI=1S/C12H26N2O3/c1-10(14(4)9-12(2,3)16)11(15)13-7-6-8-17-5/h10,16H,6-9H2,1-5H3,(H,13,15). The number of carbonyl (C=O) groups excluding carboxylic acids is 1. The molecule has 0 saturated carbocycles. The zero-order valence-corrected chi connectivity index (χ0v) is 11.6. The first-order valence-corrected chi connectivity index (χ1v) is 5.97. The number of likely N-dealkylation sites (N-methyl/N-ethyl adjacent to an activating group) is 1. The maximum Gasteiger partial charge on any atom is 0.237 e. The summed E-state index contributed by atoms with van der Waals surface area (Å²) in [6.45, 7) is 7.01. The van der Waals surface area contributed by atoms with Crippen LogP contribution in [0, 0.1) is 0 Å². The lowest BCUT2D eigenvalue weighted by Gasteiger charge is -2.29. The van der Waals surface area contributed by atoms with Gasteiger partial charge in [0.1, 0.15) is 0 Å². The van der Waals surface area contributed by atoms with Crippen molar-refractivity contribution < 1.29 is 14.6 Å². The van der Waals surface area contributed by atoms with E-state index in [1.165, 1.54) is 0 Å². The van der Waals surface area contributed by atoms with E-state index in [1.54, 1.807) is 21.0 Å². The van der Waals surface area contributed by atoms with Crippen molar-refractivity contribution >= 4 is 5.91 Å². The van der Waals surface area contributed by atoms with Crippen molar-refractivity contribution in [1.82, 2.24) is 10.2 Å². The van der Waals surface area contributed by atoms with Crippen molar-refractivity contribution in [2.45, 2.75) is 38.8 Å². The van der Waals surface area contributed by atoms with Crippen LogP contribution in [0.1, 0.15) is 27.2 Å². The van der Waals surface area contributed by atoms with E-state index in [2.05, 4.69) is 5.32 Å². The molecule has 0 aromatic carbocycles. The van der Waals surface area contributed by atoms with Crippen molar-refractivity contribution in [3.05, 3.63) is 0 Å². The van der Waals surface area contributed by atoms with Gasteiger partial charge in [-0.25, -0.2) is 0 Å². The maximum absolute atomic E-state index is 11.8. The van der Waals surface area contributed by atoms with Gasteiger partial charge in [-0.3, -0.25) is 9.69 Å². The number of ether oxygens (including phenoxy) is 1. The highest BCUT2D eigenvalue weighted by Gasteiger charge is 2.23. The predicted octanol–water partition coefficient (Wildman–Crippen LogP) is 0.230. The van der Waals surface area contributed by atoms with Crippen LogP contribution in [0.25, 0.3) is 0 Å². The van der Waals surface area contributed by atoms with Gasteiger partial charge in [0, 0.05) is 26.8 Å². The molecule has 0 aromatic rings. The number of rotatable bonds is 8. The molecular formula is C12H26N2O3. The van der Waals surface area contributed by atoms with Gasteiger partial charge in [0.05, 0.1) is 11.6 Å². The fraction of sp³-hybridized carbons (Fsp3) is 0.917. The second-order valence-corrected chi connectivity index (χ2v) is 5.04. The number of aliphatic hydroxyl groups is 1. The molecule has 102 valence electrons. The van der Waals surface area contributed by atoms with Crippen LogP contribution in [0.15, 0.2) is 0 Å². The number of hydrogen-bond acceptors (Lipinski definition) is 4. The molecule has 5 heteroatoms.